The Hall–Kier alpha value is -1.13. The number of hydrogen-bond acceptors (Lipinski definition) is 2. The fourth-order valence-electron chi connectivity index (χ4n) is 1.81. The fraction of sp³-hybridized carbons (Fsp3) is 0.417. The number of benzene rings is 1. The normalized spacial score (nSPS) is 18.6. The summed E-state index contributed by atoms with van der Waals surface area (Å²) in [5, 5.41) is 5.81. The van der Waals surface area contributed by atoms with Crippen LogP contribution in [0, 0.1) is 12.7 Å². The van der Waals surface area contributed by atoms with Crippen molar-refractivity contribution in [2.45, 2.75) is 25.8 Å². The molecule has 1 aliphatic rings. The average molecular weight is 259 g/mol. The molecule has 2 rings (SSSR count). The van der Waals surface area contributed by atoms with Gasteiger partial charge in [0.25, 0.3) is 0 Å². The highest BCUT2D eigenvalue weighted by atomic mass is 35.5. The van der Waals surface area contributed by atoms with E-state index in [1.807, 2.05) is 0 Å². The smallest absolute Gasteiger partial charge is 0.241 e. The van der Waals surface area contributed by atoms with E-state index >= 15 is 0 Å². The summed E-state index contributed by atoms with van der Waals surface area (Å²) in [6.45, 7) is 2.57. The van der Waals surface area contributed by atoms with Gasteiger partial charge in [-0.2, -0.15) is 0 Å². The maximum absolute atomic E-state index is 13.2. The molecule has 1 aliphatic heterocycles. The number of aryl methyl sites for hydroxylation is 1. The van der Waals surface area contributed by atoms with Gasteiger partial charge in [-0.25, -0.2) is 4.39 Å². The molecule has 1 saturated heterocycles. The van der Waals surface area contributed by atoms with Gasteiger partial charge in [0.1, 0.15) is 5.82 Å². The van der Waals surface area contributed by atoms with E-state index in [2.05, 4.69) is 10.6 Å². The molecule has 2 N–H and O–H groups in total. The van der Waals surface area contributed by atoms with E-state index in [9.17, 15) is 9.18 Å². The quantitative estimate of drug-likeness (QED) is 0.854. The van der Waals surface area contributed by atoms with Crippen LogP contribution in [-0.2, 0) is 4.79 Å². The van der Waals surface area contributed by atoms with Gasteiger partial charge in [0.15, 0.2) is 0 Å². The van der Waals surface area contributed by atoms with Crippen molar-refractivity contribution in [2.75, 3.05) is 11.9 Å². The van der Waals surface area contributed by atoms with Crippen LogP contribution in [0.4, 0.5) is 10.1 Å². The summed E-state index contributed by atoms with van der Waals surface area (Å²) >= 11 is 0. The third kappa shape index (κ3) is 3.41. The minimum Gasteiger partial charge on any atom is -0.325 e. The van der Waals surface area contributed by atoms with Crippen LogP contribution in [0.25, 0.3) is 0 Å². The Labute approximate surface area is 106 Å². The van der Waals surface area contributed by atoms with Crippen molar-refractivity contribution in [1.82, 2.24) is 5.32 Å². The lowest BCUT2D eigenvalue weighted by Gasteiger charge is -2.11. The molecule has 1 heterocycles. The number of rotatable bonds is 2. The van der Waals surface area contributed by atoms with Crippen molar-refractivity contribution >= 4 is 24.0 Å². The Balaban J connectivity index is 0.00000144. The highest BCUT2D eigenvalue weighted by Crippen LogP contribution is 2.15. The maximum atomic E-state index is 13.2. The number of carbonyl (C=O) groups is 1. The van der Waals surface area contributed by atoms with Crippen molar-refractivity contribution < 1.29 is 9.18 Å². The van der Waals surface area contributed by atoms with Crippen LogP contribution in [0.2, 0.25) is 0 Å². The molecule has 0 saturated carbocycles. The van der Waals surface area contributed by atoms with Crippen molar-refractivity contribution in [2.24, 2.45) is 0 Å². The van der Waals surface area contributed by atoms with Gasteiger partial charge < -0.3 is 10.6 Å². The van der Waals surface area contributed by atoms with E-state index < -0.39 is 0 Å². The Bertz CT molecular complexity index is 405. The Morgan fingerprint density at radius 1 is 1.53 bits per heavy atom. The Morgan fingerprint density at radius 3 is 2.88 bits per heavy atom. The van der Waals surface area contributed by atoms with Gasteiger partial charge in [0, 0.05) is 5.69 Å². The molecule has 1 aromatic carbocycles. The molecular formula is C12H16ClFN2O. The molecule has 1 unspecified atom stereocenters. The van der Waals surface area contributed by atoms with Crippen LogP contribution in [0.3, 0.4) is 0 Å². The predicted molar refractivity (Wildman–Crippen MR) is 68.0 cm³/mol. The highest BCUT2D eigenvalue weighted by molar-refractivity contribution is 5.95. The second-order valence-corrected chi connectivity index (χ2v) is 4.10. The first-order valence-corrected chi connectivity index (χ1v) is 5.47. The Morgan fingerprint density at radius 2 is 2.29 bits per heavy atom. The summed E-state index contributed by atoms with van der Waals surface area (Å²) < 4.78 is 13.2. The van der Waals surface area contributed by atoms with Gasteiger partial charge in [0.05, 0.1) is 6.04 Å². The van der Waals surface area contributed by atoms with E-state index in [4.69, 9.17) is 0 Å². The number of halogens is 2. The molecule has 3 nitrogen and oxygen atoms in total. The number of nitrogens with one attached hydrogen (secondary N) is 2. The molecule has 1 aromatic rings. The molecule has 94 valence electrons. The third-order valence-electron chi connectivity index (χ3n) is 2.82. The topological polar surface area (TPSA) is 41.1 Å². The molecule has 1 atom stereocenters. The summed E-state index contributed by atoms with van der Waals surface area (Å²) in [6.07, 6.45) is 1.86. The average Bonchev–Trinajstić information content (AvgIpc) is 2.77. The predicted octanol–water partition coefficient (Wildman–Crippen LogP) is 2.25. The van der Waals surface area contributed by atoms with Crippen molar-refractivity contribution in [1.29, 1.82) is 0 Å². The van der Waals surface area contributed by atoms with Crippen molar-refractivity contribution in [3.63, 3.8) is 0 Å². The van der Waals surface area contributed by atoms with Gasteiger partial charge in [0.2, 0.25) is 5.91 Å². The summed E-state index contributed by atoms with van der Waals surface area (Å²) in [7, 11) is 0. The molecule has 0 spiro atoms. The van der Waals surface area contributed by atoms with Gasteiger partial charge >= 0.3 is 0 Å². The van der Waals surface area contributed by atoms with Crippen molar-refractivity contribution in [3.05, 3.63) is 29.6 Å². The summed E-state index contributed by atoms with van der Waals surface area (Å²) in [5.74, 6) is -0.377. The summed E-state index contributed by atoms with van der Waals surface area (Å²) in [4.78, 5) is 11.7. The van der Waals surface area contributed by atoms with Crippen LogP contribution in [0.5, 0.6) is 0 Å². The molecular weight excluding hydrogens is 243 g/mol. The minimum atomic E-state index is -0.294. The van der Waals surface area contributed by atoms with E-state index in [1.54, 1.807) is 19.1 Å². The lowest BCUT2D eigenvalue weighted by atomic mass is 10.2. The molecule has 0 radical (unpaired) electrons. The second kappa shape index (κ2) is 5.98. The highest BCUT2D eigenvalue weighted by Gasteiger charge is 2.21. The zero-order chi connectivity index (χ0) is 11.5. The molecule has 17 heavy (non-hydrogen) atoms. The standard InChI is InChI=1S/C12H15FN2O.ClH/c1-8-4-5-9(7-10(8)13)15-12(16)11-3-2-6-14-11;/h4-5,7,11,14H,2-3,6H2,1H3,(H,15,16);1H. The van der Waals surface area contributed by atoms with E-state index in [1.165, 1.54) is 6.07 Å². The van der Waals surface area contributed by atoms with Gasteiger partial charge in [-0.05, 0) is 44.0 Å². The largest absolute Gasteiger partial charge is 0.325 e. The van der Waals surface area contributed by atoms with Crippen molar-refractivity contribution in [3.8, 4) is 0 Å². The van der Waals surface area contributed by atoms with E-state index in [0.29, 0.717) is 11.3 Å². The minimum absolute atomic E-state index is 0. The molecule has 1 amide bonds. The SMILES string of the molecule is Cc1ccc(NC(=O)C2CCCN2)cc1F.Cl. The molecule has 0 aromatic heterocycles. The first kappa shape index (κ1) is 13.9. The third-order valence-corrected chi connectivity index (χ3v) is 2.82. The lowest BCUT2D eigenvalue weighted by Crippen LogP contribution is -2.35. The first-order valence-electron chi connectivity index (χ1n) is 5.47. The lowest BCUT2D eigenvalue weighted by molar-refractivity contribution is -0.117. The monoisotopic (exact) mass is 258 g/mol. The van der Waals surface area contributed by atoms with Crippen LogP contribution in [0.1, 0.15) is 18.4 Å². The second-order valence-electron chi connectivity index (χ2n) is 4.10. The van der Waals surface area contributed by atoms with Crippen LogP contribution in [-0.4, -0.2) is 18.5 Å². The molecule has 5 heteroatoms. The molecule has 0 aliphatic carbocycles. The zero-order valence-corrected chi connectivity index (χ0v) is 10.4. The Kier molecular flexibility index (Phi) is 4.90. The number of carbonyl (C=O) groups excluding carboxylic acids is 1. The van der Waals surface area contributed by atoms with Gasteiger partial charge in [-0.3, -0.25) is 4.79 Å². The summed E-state index contributed by atoms with van der Waals surface area (Å²) in [5.41, 5.74) is 1.10. The molecule has 1 fully saturated rings. The maximum Gasteiger partial charge on any atom is 0.241 e. The van der Waals surface area contributed by atoms with Crippen LogP contribution in [0.15, 0.2) is 18.2 Å². The number of amides is 1. The van der Waals surface area contributed by atoms with E-state index in [-0.39, 0.29) is 30.2 Å². The summed E-state index contributed by atoms with van der Waals surface area (Å²) in [6, 6.07) is 4.59. The first-order chi connectivity index (χ1) is 7.66. The van der Waals surface area contributed by atoms with E-state index in [0.717, 1.165) is 19.4 Å². The number of hydrogen-bond donors (Lipinski definition) is 2. The van der Waals surface area contributed by atoms with Crippen LogP contribution < -0.4 is 10.6 Å². The van der Waals surface area contributed by atoms with Gasteiger partial charge in [-0.15, -0.1) is 12.4 Å². The zero-order valence-electron chi connectivity index (χ0n) is 9.63. The fourth-order valence-corrected chi connectivity index (χ4v) is 1.81. The van der Waals surface area contributed by atoms with Crippen LogP contribution >= 0.6 is 12.4 Å². The molecule has 0 bridgehead atoms. The number of anilines is 1. The van der Waals surface area contributed by atoms with Gasteiger partial charge in [-0.1, -0.05) is 6.07 Å².